The zero-order chi connectivity index (χ0) is 9.14. The first-order valence-corrected chi connectivity index (χ1v) is 4.46. The van der Waals surface area contributed by atoms with Gasteiger partial charge in [0.1, 0.15) is 0 Å². The average molecular weight is 203 g/mol. The van der Waals surface area contributed by atoms with Crippen molar-refractivity contribution in [3.05, 3.63) is 28.8 Å². The minimum atomic E-state index is -0.906. The predicted molar refractivity (Wildman–Crippen MR) is 50.1 cm³/mol. The van der Waals surface area contributed by atoms with E-state index in [9.17, 15) is 4.79 Å². The maximum atomic E-state index is 10.3. The lowest BCUT2D eigenvalue weighted by molar-refractivity contribution is 0.222. The molecule has 0 fully saturated rings. The Balaban J connectivity index is 2.89. The molecule has 0 atom stereocenters. The highest BCUT2D eigenvalue weighted by atomic mass is 35.5. The summed E-state index contributed by atoms with van der Waals surface area (Å²) in [5.74, 6) is 0. The van der Waals surface area contributed by atoms with Crippen molar-refractivity contribution in [3.63, 3.8) is 0 Å². The van der Waals surface area contributed by atoms with Gasteiger partial charge in [0.2, 0.25) is 0 Å². The summed E-state index contributed by atoms with van der Waals surface area (Å²) in [5.41, 5.74) is 0.892. The van der Waals surface area contributed by atoms with Crippen LogP contribution in [0.5, 0.6) is 0 Å². The van der Waals surface area contributed by atoms with Crippen LogP contribution in [0.3, 0.4) is 0 Å². The molecular weight excluding hydrogens is 196 g/mol. The molecule has 0 unspecified atom stereocenters. The molecule has 0 aliphatic heterocycles. The van der Waals surface area contributed by atoms with Crippen molar-refractivity contribution in [2.24, 2.45) is 0 Å². The van der Waals surface area contributed by atoms with E-state index in [1.165, 1.54) is 0 Å². The summed E-state index contributed by atoms with van der Waals surface area (Å²) >= 11 is 6.54. The SMILES string of the molecule is Cc1cc(SC(=O)O)ccc1Cl. The summed E-state index contributed by atoms with van der Waals surface area (Å²) in [5, 5.41) is 8.21. The van der Waals surface area contributed by atoms with Crippen LogP contribution in [0.1, 0.15) is 5.56 Å². The maximum absolute atomic E-state index is 10.3. The molecule has 0 spiro atoms. The van der Waals surface area contributed by atoms with Gasteiger partial charge in [-0.05, 0) is 42.4 Å². The van der Waals surface area contributed by atoms with E-state index >= 15 is 0 Å². The van der Waals surface area contributed by atoms with Gasteiger partial charge in [0.15, 0.2) is 0 Å². The molecule has 0 aliphatic rings. The van der Waals surface area contributed by atoms with Crippen LogP contribution >= 0.6 is 23.4 Å². The van der Waals surface area contributed by atoms with Crippen molar-refractivity contribution in [2.45, 2.75) is 11.8 Å². The van der Waals surface area contributed by atoms with Gasteiger partial charge in [-0.2, -0.15) is 0 Å². The molecule has 1 N–H and O–H groups in total. The fourth-order valence-corrected chi connectivity index (χ4v) is 1.47. The van der Waals surface area contributed by atoms with Crippen molar-refractivity contribution < 1.29 is 9.90 Å². The molecule has 0 saturated carbocycles. The lowest BCUT2D eigenvalue weighted by Gasteiger charge is -1.99. The van der Waals surface area contributed by atoms with Crippen molar-refractivity contribution in [1.82, 2.24) is 0 Å². The Labute approximate surface area is 79.5 Å². The molecule has 4 heteroatoms. The van der Waals surface area contributed by atoms with Crippen molar-refractivity contribution in [2.75, 3.05) is 0 Å². The number of hydrogen-bond acceptors (Lipinski definition) is 2. The largest absolute Gasteiger partial charge is 0.473 e. The van der Waals surface area contributed by atoms with E-state index in [4.69, 9.17) is 16.7 Å². The average Bonchev–Trinajstić information content (AvgIpc) is 1.96. The minimum absolute atomic E-state index is 0.657. The van der Waals surface area contributed by atoms with Gasteiger partial charge in [-0.3, -0.25) is 0 Å². The first-order chi connectivity index (χ1) is 5.59. The Hall–Kier alpha value is -0.670. The molecule has 0 amide bonds. The summed E-state index contributed by atoms with van der Waals surface area (Å²) in [7, 11) is 0. The lowest BCUT2D eigenvalue weighted by atomic mass is 10.2. The second kappa shape index (κ2) is 3.83. The Morgan fingerprint density at radius 2 is 2.25 bits per heavy atom. The molecule has 0 heterocycles. The number of carboxylic acid groups (broad SMARTS) is 1. The number of halogens is 1. The summed E-state index contributed by atoms with van der Waals surface area (Å²) < 4.78 is 0. The van der Waals surface area contributed by atoms with Gasteiger partial charge in [-0.1, -0.05) is 11.6 Å². The smallest absolute Gasteiger partial charge is 0.369 e. The highest BCUT2D eigenvalue weighted by molar-refractivity contribution is 8.13. The van der Waals surface area contributed by atoms with E-state index in [1.807, 2.05) is 6.92 Å². The molecule has 0 bridgehead atoms. The minimum Gasteiger partial charge on any atom is -0.473 e. The van der Waals surface area contributed by atoms with Crippen LogP contribution in [0.2, 0.25) is 5.02 Å². The van der Waals surface area contributed by atoms with Gasteiger partial charge in [0, 0.05) is 9.92 Å². The third kappa shape index (κ3) is 2.43. The fraction of sp³-hybridized carbons (Fsp3) is 0.125. The number of thioether (sulfide) groups is 1. The first kappa shape index (κ1) is 9.42. The topological polar surface area (TPSA) is 37.3 Å². The van der Waals surface area contributed by atoms with Gasteiger partial charge < -0.3 is 5.11 Å². The highest BCUT2D eigenvalue weighted by Gasteiger charge is 2.02. The standard InChI is InChI=1S/C8H7ClO2S/c1-5-4-6(12-8(10)11)2-3-7(5)9/h2-4H,1H3,(H,10,11). The van der Waals surface area contributed by atoms with Gasteiger partial charge in [-0.15, -0.1) is 0 Å². The van der Waals surface area contributed by atoms with Crippen molar-refractivity contribution in [1.29, 1.82) is 0 Å². The van der Waals surface area contributed by atoms with E-state index in [2.05, 4.69) is 0 Å². The molecule has 1 aromatic carbocycles. The predicted octanol–water partition coefficient (Wildman–Crippen LogP) is 3.42. The molecule has 64 valence electrons. The van der Waals surface area contributed by atoms with E-state index in [0.717, 1.165) is 17.3 Å². The number of aryl methyl sites for hydroxylation is 1. The second-order valence-corrected chi connectivity index (χ2v) is 3.71. The van der Waals surface area contributed by atoms with Gasteiger partial charge >= 0.3 is 5.30 Å². The number of benzene rings is 1. The monoisotopic (exact) mass is 202 g/mol. The molecule has 0 aliphatic carbocycles. The second-order valence-electron chi connectivity index (χ2n) is 2.28. The molecule has 1 rings (SSSR count). The van der Waals surface area contributed by atoms with E-state index in [0.29, 0.717) is 9.92 Å². The molecule has 0 saturated heterocycles. The zero-order valence-corrected chi connectivity index (χ0v) is 7.95. The first-order valence-electron chi connectivity index (χ1n) is 3.26. The van der Waals surface area contributed by atoms with Crippen LogP contribution < -0.4 is 0 Å². The summed E-state index contributed by atoms with van der Waals surface area (Å²) in [4.78, 5) is 11.0. The van der Waals surface area contributed by atoms with Gasteiger partial charge in [-0.25, -0.2) is 4.79 Å². The number of carbonyl (C=O) groups is 1. The van der Waals surface area contributed by atoms with Crippen molar-refractivity contribution >= 4 is 28.7 Å². The van der Waals surface area contributed by atoms with Crippen LogP contribution in [0.25, 0.3) is 0 Å². The molecule has 1 aromatic rings. The molecule has 2 nitrogen and oxygen atoms in total. The Morgan fingerprint density at radius 3 is 2.75 bits per heavy atom. The third-order valence-corrected chi connectivity index (χ3v) is 2.42. The lowest BCUT2D eigenvalue weighted by Crippen LogP contribution is -1.84. The zero-order valence-electron chi connectivity index (χ0n) is 6.37. The Kier molecular flexibility index (Phi) is 3.00. The Morgan fingerprint density at radius 1 is 1.58 bits per heavy atom. The van der Waals surface area contributed by atoms with Crippen LogP contribution in [0, 0.1) is 6.92 Å². The van der Waals surface area contributed by atoms with E-state index < -0.39 is 5.30 Å². The molecular formula is C8H7ClO2S. The fourth-order valence-electron chi connectivity index (χ4n) is 0.781. The number of hydrogen-bond donors (Lipinski definition) is 1. The van der Waals surface area contributed by atoms with Gasteiger partial charge in [0.05, 0.1) is 0 Å². The summed E-state index contributed by atoms with van der Waals surface area (Å²) in [6.45, 7) is 1.84. The van der Waals surface area contributed by atoms with E-state index in [1.54, 1.807) is 18.2 Å². The van der Waals surface area contributed by atoms with Gasteiger partial charge in [0.25, 0.3) is 0 Å². The molecule has 0 radical (unpaired) electrons. The van der Waals surface area contributed by atoms with Crippen molar-refractivity contribution in [3.8, 4) is 0 Å². The summed E-state index contributed by atoms with van der Waals surface area (Å²) in [6.07, 6.45) is 0. The third-order valence-electron chi connectivity index (χ3n) is 1.33. The highest BCUT2D eigenvalue weighted by Crippen LogP contribution is 2.23. The van der Waals surface area contributed by atoms with Crippen LogP contribution in [-0.4, -0.2) is 10.4 Å². The molecule has 12 heavy (non-hydrogen) atoms. The quantitative estimate of drug-likeness (QED) is 0.709. The van der Waals surface area contributed by atoms with Crippen LogP contribution in [0.15, 0.2) is 23.1 Å². The van der Waals surface area contributed by atoms with E-state index in [-0.39, 0.29) is 0 Å². The molecule has 0 aromatic heterocycles. The number of rotatable bonds is 1. The normalized spacial score (nSPS) is 9.83. The van der Waals surface area contributed by atoms with Crippen LogP contribution in [-0.2, 0) is 0 Å². The summed E-state index contributed by atoms with van der Waals surface area (Å²) in [6, 6.07) is 5.14. The van der Waals surface area contributed by atoms with Crippen LogP contribution in [0.4, 0.5) is 4.79 Å². The Bertz CT molecular complexity index is 312. The maximum Gasteiger partial charge on any atom is 0.369 e.